The SMILES string of the molecule is CC1C(C)C(N)C(N)C1C. The van der Waals surface area contributed by atoms with Crippen molar-refractivity contribution in [2.24, 2.45) is 29.2 Å². The van der Waals surface area contributed by atoms with Crippen molar-refractivity contribution < 1.29 is 0 Å². The molecule has 0 spiro atoms. The van der Waals surface area contributed by atoms with Crippen molar-refractivity contribution in [2.75, 3.05) is 0 Å². The molecule has 1 fully saturated rings. The molecule has 4 atom stereocenters. The minimum Gasteiger partial charge on any atom is -0.326 e. The minimum atomic E-state index is 0.213. The fourth-order valence-electron chi connectivity index (χ4n) is 1.88. The molecule has 0 aromatic carbocycles. The predicted molar refractivity (Wildman–Crippen MR) is 43.4 cm³/mol. The predicted octanol–water partition coefficient (Wildman–Crippen LogP) is 0.563. The van der Waals surface area contributed by atoms with E-state index in [9.17, 15) is 0 Å². The standard InChI is InChI=1S/C8H18N2/c1-4-5(2)7(9)8(10)6(4)3/h4-8H,9-10H2,1-3H3. The molecule has 0 aliphatic heterocycles. The summed E-state index contributed by atoms with van der Waals surface area (Å²) in [6.07, 6.45) is 0. The van der Waals surface area contributed by atoms with Crippen LogP contribution < -0.4 is 11.5 Å². The van der Waals surface area contributed by atoms with E-state index in [0.717, 1.165) is 0 Å². The number of nitrogens with two attached hydrogens (primary N) is 2. The van der Waals surface area contributed by atoms with Gasteiger partial charge >= 0.3 is 0 Å². The van der Waals surface area contributed by atoms with Gasteiger partial charge in [0.15, 0.2) is 0 Å². The first-order valence-corrected chi connectivity index (χ1v) is 4.07. The largest absolute Gasteiger partial charge is 0.326 e. The zero-order valence-corrected chi connectivity index (χ0v) is 7.04. The molecular weight excluding hydrogens is 124 g/mol. The molecule has 4 N–H and O–H groups in total. The Labute approximate surface area is 63.0 Å². The van der Waals surface area contributed by atoms with Gasteiger partial charge in [0.2, 0.25) is 0 Å². The van der Waals surface area contributed by atoms with Crippen molar-refractivity contribution in [3.8, 4) is 0 Å². The molecule has 0 aromatic rings. The molecule has 0 radical (unpaired) electrons. The summed E-state index contributed by atoms with van der Waals surface area (Å²) in [6.45, 7) is 6.62. The highest BCUT2D eigenvalue weighted by Crippen LogP contribution is 2.34. The Morgan fingerprint density at radius 1 is 0.700 bits per heavy atom. The van der Waals surface area contributed by atoms with Gasteiger partial charge in [-0.3, -0.25) is 0 Å². The lowest BCUT2D eigenvalue weighted by molar-refractivity contribution is 0.365. The molecule has 0 amide bonds. The molecule has 0 heterocycles. The van der Waals surface area contributed by atoms with E-state index in [4.69, 9.17) is 11.5 Å². The van der Waals surface area contributed by atoms with Gasteiger partial charge in [-0.2, -0.15) is 0 Å². The lowest BCUT2D eigenvalue weighted by Crippen LogP contribution is -2.41. The van der Waals surface area contributed by atoms with E-state index < -0.39 is 0 Å². The average molecular weight is 142 g/mol. The van der Waals surface area contributed by atoms with Gasteiger partial charge in [0.1, 0.15) is 0 Å². The average Bonchev–Trinajstić information content (AvgIpc) is 2.07. The monoisotopic (exact) mass is 142 g/mol. The van der Waals surface area contributed by atoms with Crippen LogP contribution in [0.1, 0.15) is 20.8 Å². The van der Waals surface area contributed by atoms with Gasteiger partial charge in [-0.25, -0.2) is 0 Å². The van der Waals surface area contributed by atoms with Crippen LogP contribution >= 0.6 is 0 Å². The fraction of sp³-hybridized carbons (Fsp3) is 1.00. The summed E-state index contributed by atoms with van der Waals surface area (Å²) >= 11 is 0. The van der Waals surface area contributed by atoms with Gasteiger partial charge in [-0.1, -0.05) is 20.8 Å². The Bertz CT molecular complexity index is 79.6. The lowest BCUT2D eigenvalue weighted by Gasteiger charge is -2.14. The molecule has 4 unspecified atom stereocenters. The summed E-state index contributed by atoms with van der Waals surface area (Å²) in [7, 11) is 0. The second-order valence-electron chi connectivity index (χ2n) is 3.73. The maximum absolute atomic E-state index is 5.88. The smallest absolute Gasteiger partial charge is 0.0223 e. The zero-order chi connectivity index (χ0) is 7.89. The normalized spacial score (nSPS) is 55.5. The second-order valence-corrected chi connectivity index (χ2v) is 3.73. The molecule has 2 nitrogen and oxygen atoms in total. The molecule has 2 heteroatoms. The third kappa shape index (κ3) is 0.956. The Balaban J connectivity index is 2.68. The minimum absolute atomic E-state index is 0.213. The lowest BCUT2D eigenvalue weighted by atomic mass is 9.93. The van der Waals surface area contributed by atoms with Crippen LogP contribution in [0.15, 0.2) is 0 Å². The van der Waals surface area contributed by atoms with Crippen LogP contribution in [0.5, 0.6) is 0 Å². The molecule has 0 bridgehead atoms. The maximum atomic E-state index is 5.88. The molecule has 0 aromatic heterocycles. The number of hydrogen-bond acceptors (Lipinski definition) is 2. The van der Waals surface area contributed by atoms with E-state index in [-0.39, 0.29) is 12.1 Å². The van der Waals surface area contributed by atoms with Crippen LogP contribution in [0.25, 0.3) is 0 Å². The summed E-state index contributed by atoms with van der Waals surface area (Å²) < 4.78 is 0. The van der Waals surface area contributed by atoms with Crippen LogP contribution in [-0.4, -0.2) is 12.1 Å². The molecule has 1 aliphatic rings. The number of rotatable bonds is 0. The molecule has 1 rings (SSSR count). The van der Waals surface area contributed by atoms with Crippen molar-refractivity contribution in [3.05, 3.63) is 0 Å². The summed E-state index contributed by atoms with van der Waals surface area (Å²) in [4.78, 5) is 0. The first-order valence-electron chi connectivity index (χ1n) is 4.07. The van der Waals surface area contributed by atoms with E-state index in [1.807, 2.05) is 0 Å². The third-order valence-electron chi connectivity index (χ3n) is 3.32. The van der Waals surface area contributed by atoms with Gasteiger partial charge in [-0.05, 0) is 17.8 Å². The summed E-state index contributed by atoms with van der Waals surface area (Å²) in [5, 5.41) is 0. The molecule has 10 heavy (non-hydrogen) atoms. The molecule has 1 aliphatic carbocycles. The van der Waals surface area contributed by atoms with Crippen LogP contribution in [0.4, 0.5) is 0 Å². The van der Waals surface area contributed by atoms with Gasteiger partial charge < -0.3 is 11.5 Å². The second kappa shape index (κ2) is 2.51. The Morgan fingerprint density at radius 2 is 1.00 bits per heavy atom. The Kier molecular flexibility index (Phi) is 2.02. The summed E-state index contributed by atoms with van der Waals surface area (Å²) in [5.41, 5.74) is 11.8. The first kappa shape index (κ1) is 8.02. The van der Waals surface area contributed by atoms with Gasteiger partial charge in [-0.15, -0.1) is 0 Å². The molecular formula is C8H18N2. The highest BCUT2D eigenvalue weighted by atomic mass is 14.8. The van der Waals surface area contributed by atoms with Crippen molar-refractivity contribution >= 4 is 0 Å². The Hall–Kier alpha value is -0.0800. The van der Waals surface area contributed by atoms with Gasteiger partial charge in [0.25, 0.3) is 0 Å². The van der Waals surface area contributed by atoms with Crippen molar-refractivity contribution in [1.29, 1.82) is 0 Å². The highest BCUT2D eigenvalue weighted by Gasteiger charge is 2.39. The van der Waals surface area contributed by atoms with Crippen molar-refractivity contribution in [2.45, 2.75) is 32.9 Å². The Morgan fingerprint density at radius 3 is 1.10 bits per heavy atom. The van der Waals surface area contributed by atoms with Gasteiger partial charge in [0, 0.05) is 12.1 Å². The van der Waals surface area contributed by atoms with Crippen LogP contribution in [0.2, 0.25) is 0 Å². The van der Waals surface area contributed by atoms with Crippen LogP contribution in [-0.2, 0) is 0 Å². The highest BCUT2D eigenvalue weighted by molar-refractivity contribution is 4.96. The molecule has 60 valence electrons. The zero-order valence-electron chi connectivity index (χ0n) is 7.04. The van der Waals surface area contributed by atoms with E-state index >= 15 is 0 Å². The number of hydrogen-bond donors (Lipinski definition) is 2. The van der Waals surface area contributed by atoms with E-state index in [1.165, 1.54) is 0 Å². The van der Waals surface area contributed by atoms with Crippen LogP contribution in [0, 0.1) is 17.8 Å². The third-order valence-corrected chi connectivity index (χ3v) is 3.32. The molecule has 1 saturated carbocycles. The summed E-state index contributed by atoms with van der Waals surface area (Å²) in [5.74, 6) is 1.86. The van der Waals surface area contributed by atoms with E-state index in [0.29, 0.717) is 17.8 Å². The quantitative estimate of drug-likeness (QED) is 0.519. The van der Waals surface area contributed by atoms with Crippen molar-refractivity contribution in [1.82, 2.24) is 0 Å². The van der Waals surface area contributed by atoms with Crippen LogP contribution in [0.3, 0.4) is 0 Å². The maximum Gasteiger partial charge on any atom is 0.0223 e. The fourth-order valence-corrected chi connectivity index (χ4v) is 1.88. The first-order chi connectivity index (χ1) is 4.55. The van der Waals surface area contributed by atoms with E-state index in [2.05, 4.69) is 20.8 Å². The topological polar surface area (TPSA) is 52.0 Å². The van der Waals surface area contributed by atoms with Gasteiger partial charge in [0.05, 0.1) is 0 Å². The van der Waals surface area contributed by atoms with Crippen molar-refractivity contribution in [3.63, 3.8) is 0 Å². The molecule has 0 saturated heterocycles. The van der Waals surface area contributed by atoms with E-state index in [1.54, 1.807) is 0 Å². The summed E-state index contributed by atoms with van der Waals surface area (Å²) in [6, 6.07) is 0.426.